The van der Waals surface area contributed by atoms with Crippen LogP contribution in [0.3, 0.4) is 0 Å². The summed E-state index contributed by atoms with van der Waals surface area (Å²) in [6, 6.07) is 5.67. The standard InChI is InChI=1S/C13H9BrCl2N2/c14-9-5-4-7(6-10(9)15)13-17-11-3-1-2-8(11)12(16)18-13/h4-6H,1-3H2. The predicted octanol–water partition coefficient (Wildman–Crippen LogP) is 4.70. The summed E-state index contributed by atoms with van der Waals surface area (Å²) in [5, 5.41) is 1.22. The molecule has 0 saturated carbocycles. The number of benzene rings is 1. The van der Waals surface area contributed by atoms with Crippen LogP contribution in [0.1, 0.15) is 17.7 Å². The highest BCUT2D eigenvalue weighted by Crippen LogP contribution is 2.31. The summed E-state index contributed by atoms with van der Waals surface area (Å²) in [7, 11) is 0. The normalized spacial score (nSPS) is 13.7. The van der Waals surface area contributed by atoms with Crippen LogP contribution in [0.4, 0.5) is 0 Å². The van der Waals surface area contributed by atoms with Crippen molar-refractivity contribution in [3.05, 3.63) is 44.1 Å². The second kappa shape index (κ2) is 4.80. The average molecular weight is 344 g/mol. The summed E-state index contributed by atoms with van der Waals surface area (Å²) < 4.78 is 0.861. The second-order valence-electron chi connectivity index (χ2n) is 4.25. The van der Waals surface area contributed by atoms with E-state index >= 15 is 0 Å². The minimum absolute atomic E-state index is 0.576. The minimum Gasteiger partial charge on any atom is -0.233 e. The zero-order valence-corrected chi connectivity index (χ0v) is 12.5. The monoisotopic (exact) mass is 342 g/mol. The van der Waals surface area contributed by atoms with Crippen molar-refractivity contribution in [1.82, 2.24) is 9.97 Å². The minimum atomic E-state index is 0.576. The third kappa shape index (κ3) is 2.15. The van der Waals surface area contributed by atoms with Gasteiger partial charge in [0.15, 0.2) is 5.82 Å². The van der Waals surface area contributed by atoms with Crippen molar-refractivity contribution in [2.45, 2.75) is 19.3 Å². The molecule has 3 rings (SSSR count). The summed E-state index contributed by atoms with van der Waals surface area (Å²) in [5.41, 5.74) is 3.06. The predicted molar refractivity (Wildman–Crippen MR) is 77.2 cm³/mol. The topological polar surface area (TPSA) is 25.8 Å². The van der Waals surface area contributed by atoms with E-state index in [2.05, 4.69) is 25.9 Å². The van der Waals surface area contributed by atoms with Gasteiger partial charge >= 0.3 is 0 Å². The lowest BCUT2D eigenvalue weighted by Crippen LogP contribution is -1.97. The van der Waals surface area contributed by atoms with E-state index in [-0.39, 0.29) is 0 Å². The van der Waals surface area contributed by atoms with Gasteiger partial charge in [-0.25, -0.2) is 9.97 Å². The summed E-state index contributed by atoms with van der Waals surface area (Å²) in [6.07, 6.45) is 3.07. The molecule has 1 aromatic heterocycles. The van der Waals surface area contributed by atoms with E-state index < -0.39 is 0 Å². The van der Waals surface area contributed by atoms with E-state index in [1.807, 2.05) is 18.2 Å². The SMILES string of the molecule is Clc1cc(-c2nc(Cl)c3c(n2)CCC3)ccc1Br. The number of nitrogens with zero attached hydrogens (tertiary/aromatic N) is 2. The van der Waals surface area contributed by atoms with Crippen LogP contribution in [0.2, 0.25) is 10.2 Å². The smallest absolute Gasteiger partial charge is 0.161 e. The van der Waals surface area contributed by atoms with Crippen molar-refractivity contribution in [2.75, 3.05) is 0 Å². The molecule has 0 aliphatic heterocycles. The number of rotatable bonds is 1. The average Bonchev–Trinajstić information content (AvgIpc) is 2.81. The van der Waals surface area contributed by atoms with E-state index in [9.17, 15) is 0 Å². The van der Waals surface area contributed by atoms with Gasteiger partial charge in [0.2, 0.25) is 0 Å². The van der Waals surface area contributed by atoms with Gasteiger partial charge in [-0.2, -0.15) is 0 Å². The molecule has 0 amide bonds. The van der Waals surface area contributed by atoms with Crippen LogP contribution in [0.15, 0.2) is 22.7 Å². The highest BCUT2D eigenvalue weighted by Gasteiger charge is 2.18. The fourth-order valence-corrected chi connectivity index (χ4v) is 2.86. The molecule has 2 nitrogen and oxygen atoms in total. The number of aromatic nitrogens is 2. The van der Waals surface area contributed by atoms with E-state index in [1.165, 1.54) is 0 Å². The van der Waals surface area contributed by atoms with E-state index in [0.29, 0.717) is 16.0 Å². The summed E-state index contributed by atoms with van der Waals surface area (Å²) >= 11 is 15.7. The number of hydrogen-bond acceptors (Lipinski definition) is 2. The Morgan fingerprint density at radius 1 is 1.11 bits per heavy atom. The first kappa shape index (κ1) is 12.4. The molecule has 0 radical (unpaired) electrons. The van der Waals surface area contributed by atoms with Crippen molar-refractivity contribution in [3.8, 4) is 11.4 Å². The Kier molecular flexibility index (Phi) is 3.31. The summed E-state index contributed by atoms with van der Waals surface area (Å²) in [4.78, 5) is 8.95. The molecule has 1 aliphatic rings. The molecule has 0 spiro atoms. The van der Waals surface area contributed by atoms with E-state index in [1.54, 1.807) is 0 Å². The van der Waals surface area contributed by atoms with Gasteiger partial charge in [0, 0.05) is 21.3 Å². The Bertz CT molecular complexity index is 629. The largest absolute Gasteiger partial charge is 0.233 e. The van der Waals surface area contributed by atoms with Crippen LogP contribution < -0.4 is 0 Å². The zero-order valence-electron chi connectivity index (χ0n) is 9.38. The van der Waals surface area contributed by atoms with Crippen molar-refractivity contribution in [2.24, 2.45) is 0 Å². The first-order valence-electron chi connectivity index (χ1n) is 5.66. The molecule has 0 bridgehead atoms. The van der Waals surface area contributed by atoms with E-state index in [0.717, 1.165) is 40.6 Å². The zero-order chi connectivity index (χ0) is 12.7. The quantitative estimate of drug-likeness (QED) is 0.701. The number of hydrogen-bond donors (Lipinski definition) is 0. The Morgan fingerprint density at radius 2 is 1.94 bits per heavy atom. The lowest BCUT2D eigenvalue weighted by Gasteiger charge is -2.06. The molecular weight excluding hydrogens is 335 g/mol. The van der Waals surface area contributed by atoms with Gasteiger partial charge in [-0.05, 0) is 53.4 Å². The molecule has 1 heterocycles. The Morgan fingerprint density at radius 3 is 2.72 bits per heavy atom. The summed E-state index contributed by atoms with van der Waals surface area (Å²) in [6.45, 7) is 0. The molecule has 92 valence electrons. The maximum Gasteiger partial charge on any atom is 0.161 e. The molecule has 18 heavy (non-hydrogen) atoms. The Hall–Kier alpha value is -0.640. The van der Waals surface area contributed by atoms with Gasteiger partial charge in [-0.15, -0.1) is 0 Å². The Balaban J connectivity index is 2.12. The van der Waals surface area contributed by atoms with E-state index in [4.69, 9.17) is 23.2 Å². The molecule has 0 atom stereocenters. The number of fused-ring (bicyclic) bond motifs is 1. The third-order valence-electron chi connectivity index (χ3n) is 3.06. The molecular formula is C13H9BrCl2N2. The number of aryl methyl sites for hydroxylation is 1. The van der Waals surface area contributed by atoms with Gasteiger partial charge < -0.3 is 0 Å². The van der Waals surface area contributed by atoms with Crippen LogP contribution in [0, 0.1) is 0 Å². The molecule has 0 fully saturated rings. The van der Waals surface area contributed by atoms with Crippen LogP contribution in [-0.2, 0) is 12.8 Å². The summed E-state index contributed by atoms with van der Waals surface area (Å²) in [5.74, 6) is 0.648. The molecule has 0 N–H and O–H groups in total. The van der Waals surface area contributed by atoms with Gasteiger partial charge in [-0.1, -0.05) is 23.2 Å². The molecule has 2 aromatic rings. The van der Waals surface area contributed by atoms with Gasteiger partial charge in [0.05, 0.1) is 5.02 Å². The van der Waals surface area contributed by atoms with Crippen LogP contribution in [0.25, 0.3) is 11.4 Å². The molecule has 1 aliphatic carbocycles. The Labute approximate surface area is 123 Å². The van der Waals surface area contributed by atoms with Crippen LogP contribution >= 0.6 is 39.1 Å². The van der Waals surface area contributed by atoms with Crippen molar-refractivity contribution >= 4 is 39.1 Å². The van der Waals surface area contributed by atoms with Crippen molar-refractivity contribution in [3.63, 3.8) is 0 Å². The van der Waals surface area contributed by atoms with Crippen LogP contribution in [0.5, 0.6) is 0 Å². The first-order chi connectivity index (χ1) is 8.65. The lowest BCUT2D eigenvalue weighted by molar-refractivity contribution is 0.900. The first-order valence-corrected chi connectivity index (χ1v) is 7.21. The maximum atomic E-state index is 6.20. The second-order valence-corrected chi connectivity index (χ2v) is 5.87. The highest BCUT2D eigenvalue weighted by atomic mass is 79.9. The third-order valence-corrected chi connectivity index (χ3v) is 4.61. The van der Waals surface area contributed by atoms with Gasteiger partial charge in [0.25, 0.3) is 0 Å². The van der Waals surface area contributed by atoms with Gasteiger partial charge in [0.1, 0.15) is 5.15 Å². The van der Waals surface area contributed by atoms with Gasteiger partial charge in [-0.3, -0.25) is 0 Å². The maximum absolute atomic E-state index is 6.20. The fourth-order valence-electron chi connectivity index (χ4n) is 2.15. The highest BCUT2D eigenvalue weighted by molar-refractivity contribution is 9.10. The fraction of sp³-hybridized carbons (Fsp3) is 0.231. The molecule has 0 unspecified atom stereocenters. The molecule has 0 saturated heterocycles. The van der Waals surface area contributed by atoms with Crippen molar-refractivity contribution < 1.29 is 0 Å². The molecule has 1 aromatic carbocycles. The lowest BCUT2D eigenvalue weighted by atomic mass is 10.2. The van der Waals surface area contributed by atoms with Crippen molar-refractivity contribution in [1.29, 1.82) is 0 Å². The van der Waals surface area contributed by atoms with Crippen LogP contribution in [-0.4, -0.2) is 9.97 Å². The molecule has 5 heteroatoms. The number of halogens is 3.